The molecule has 2 saturated heterocycles. The summed E-state index contributed by atoms with van der Waals surface area (Å²) in [5.74, 6) is -0.368. The van der Waals surface area contributed by atoms with Gasteiger partial charge in [0.25, 0.3) is 0 Å². The topological polar surface area (TPSA) is 107 Å². The van der Waals surface area contributed by atoms with Gasteiger partial charge >= 0.3 is 11.9 Å². The average molecular weight is 453 g/mol. The zero-order valence-electron chi connectivity index (χ0n) is 17.0. The number of carboxylic acid groups (broad SMARTS) is 2. The number of piperidine rings is 1. The van der Waals surface area contributed by atoms with E-state index in [9.17, 15) is 24.6 Å². The summed E-state index contributed by atoms with van der Waals surface area (Å²) in [7, 11) is 0. The highest BCUT2D eigenvalue weighted by Crippen LogP contribution is 2.50. The molecule has 2 fully saturated rings. The van der Waals surface area contributed by atoms with Gasteiger partial charge in [-0.05, 0) is 38.2 Å². The van der Waals surface area contributed by atoms with E-state index < -0.39 is 30.1 Å². The molecule has 1 aromatic rings. The molecule has 164 valence electrons. The van der Waals surface area contributed by atoms with Crippen LogP contribution in [-0.4, -0.2) is 73.2 Å². The van der Waals surface area contributed by atoms with Gasteiger partial charge in [0.1, 0.15) is 12.1 Å². The van der Waals surface area contributed by atoms with Crippen LogP contribution in [0, 0.1) is 0 Å². The molecular weight excluding hydrogens is 424 g/mol. The fourth-order valence-electron chi connectivity index (χ4n) is 4.04. The summed E-state index contributed by atoms with van der Waals surface area (Å²) in [6.07, 6.45) is 2.10. The average Bonchev–Trinajstić information content (AvgIpc) is 3.18. The Morgan fingerprint density at radius 1 is 1.20 bits per heavy atom. The lowest BCUT2D eigenvalue weighted by Crippen LogP contribution is -2.59. The maximum atomic E-state index is 13.2. The van der Waals surface area contributed by atoms with E-state index in [0.717, 1.165) is 23.5 Å². The fraction of sp³-hybridized carbons (Fsp3) is 0.571. The lowest BCUT2D eigenvalue weighted by Gasteiger charge is -2.43. The van der Waals surface area contributed by atoms with Crippen molar-refractivity contribution in [2.75, 3.05) is 18.1 Å². The van der Waals surface area contributed by atoms with Crippen molar-refractivity contribution >= 4 is 41.4 Å². The molecular formula is C21H28N2O5S2. The number of hydrogen-bond acceptors (Lipinski definition) is 6. The minimum absolute atomic E-state index is 0.138. The first-order valence-corrected chi connectivity index (χ1v) is 12.1. The molecule has 0 radical (unpaired) electrons. The second-order valence-corrected chi connectivity index (χ2v) is 11.0. The molecule has 2 heterocycles. The van der Waals surface area contributed by atoms with Crippen molar-refractivity contribution in [3.63, 3.8) is 0 Å². The van der Waals surface area contributed by atoms with E-state index in [-0.39, 0.29) is 9.99 Å². The predicted octanol–water partition coefficient (Wildman–Crippen LogP) is 2.30. The molecule has 9 heteroatoms. The van der Waals surface area contributed by atoms with Gasteiger partial charge in [0, 0.05) is 18.1 Å². The van der Waals surface area contributed by atoms with Gasteiger partial charge in [-0.2, -0.15) is 0 Å². The van der Waals surface area contributed by atoms with Gasteiger partial charge < -0.3 is 15.1 Å². The van der Waals surface area contributed by atoms with Crippen LogP contribution in [0.1, 0.15) is 31.7 Å². The molecule has 1 amide bonds. The highest BCUT2D eigenvalue weighted by atomic mass is 32.2. The number of amides is 1. The maximum Gasteiger partial charge on any atom is 0.326 e. The zero-order valence-corrected chi connectivity index (χ0v) is 18.6. The van der Waals surface area contributed by atoms with Gasteiger partial charge in [0.2, 0.25) is 5.91 Å². The Balaban J connectivity index is 1.66. The summed E-state index contributed by atoms with van der Waals surface area (Å²) >= 11 is 3.60. The molecule has 7 nitrogen and oxygen atoms in total. The number of hydrogen-bond donors (Lipinski definition) is 3. The lowest BCUT2D eigenvalue weighted by molar-refractivity contribution is -0.153. The fourth-order valence-corrected chi connectivity index (χ4v) is 7.27. The van der Waals surface area contributed by atoms with Crippen molar-refractivity contribution in [1.29, 1.82) is 0 Å². The van der Waals surface area contributed by atoms with E-state index in [4.69, 9.17) is 0 Å². The van der Waals surface area contributed by atoms with E-state index in [1.54, 1.807) is 30.4 Å². The van der Waals surface area contributed by atoms with Crippen LogP contribution in [0.2, 0.25) is 0 Å². The van der Waals surface area contributed by atoms with Crippen molar-refractivity contribution < 1.29 is 24.6 Å². The van der Waals surface area contributed by atoms with Gasteiger partial charge in [-0.25, -0.2) is 4.79 Å². The van der Waals surface area contributed by atoms with Crippen LogP contribution >= 0.6 is 23.5 Å². The highest BCUT2D eigenvalue weighted by Gasteiger charge is 2.47. The van der Waals surface area contributed by atoms with E-state index in [0.29, 0.717) is 25.8 Å². The summed E-state index contributed by atoms with van der Waals surface area (Å²) < 4.78 is -0.138. The minimum atomic E-state index is -1.02. The summed E-state index contributed by atoms with van der Waals surface area (Å²) in [6.45, 7) is 2.00. The molecule has 3 atom stereocenters. The second-order valence-electron chi connectivity index (χ2n) is 7.77. The van der Waals surface area contributed by atoms with Gasteiger partial charge in [0.15, 0.2) is 0 Å². The van der Waals surface area contributed by atoms with Gasteiger partial charge in [-0.15, -0.1) is 23.5 Å². The number of benzene rings is 1. The van der Waals surface area contributed by atoms with E-state index in [2.05, 4.69) is 5.32 Å². The SMILES string of the molecule is C[C@H](NC(CCc1ccccc1)C(=O)O)C(=O)N1CC2(CCC1C(=O)O)SCCS2. The molecule has 1 aromatic carbocycles. The second kappa shape index (κ2) is 10.1. The van der Waals surface area contributed by atoms with E-state index in [1.807, 2.05) is 30.3 Å². The molecule has 0 aromatic heterocycles. The van der Waals surface area contributed by atoms with Crippen LogP contribution in [-0.2, 0) is 20.8 Å². The molecule has 2 unspecified atom stereocenters. The first-order valence-electron chi connectivity index (χ1n) is 10.2. The monoisotopic (exact) mass is 452 g/mol. The molecule has 3 rings (SSSR count). The summed E-state index contributed by atoms with van der Waals surface area (Å²) in [5.41, 5.74) is 1.03. The number of aryl methyl sites for hydroxylation is 1. The van der Waals surface area contributed by atoms with Crippen LogP contribution in [0.5, 0.6) is 0 Å². The van der Waals surface area contributed by atoms with Gasteiger partial charge in [-0.3, -0.25) is 14.9 Å². The van der Waals surface area contributed by atoms with Crippen LogP contribution in [0.3, 0.4) is 0 Å². The Morgan fingerprint density at radius 2 is 1.87 bits per heavy atom. The number of aliphatic carboxylic acids is 2. The minimum Gasteiger partial charge on any atom is -0.480 e. The molecule has 3 N–H and O–H groups in total. The Bertz CT molecular complexity index is 770. The Labute approximate surface area is 185 Å². The van der Waals surface area contributed by atoms with E-state index >= 15 is 0 Å². The number of nitrogens with one attached hydrogen (secondary N) is 1. The molecule has 1 spiro atoms. The quantitative estimate of drug-likeness (QED) is 0.552. The highest BCUT2D eigenvalue weighted by molar-refractivity contribution is 8.21. The molecule has 0 aliphatic carbocycles. The van der Waals surface area contributed by atoms with Crippen LogP contribution in [0.15, 0.2) is 30.3 Å². The number of nitrogens with zero attached hydrogens (tertiary/aromatic N) is 1. The normalized spacial score (nSPS) is 22.6. The summed E-state index contributed by atoms with van der Waals surface area (Å²) in [5, 5.41) is 22.2. The third-order valence-corrected chi connectivity index (χ3v) is 9.15. The third kappa shape index (κ3) is 5.50. The number of carboxylic acids is 2. The Kier molecular flexibility index (Phi) is 7.70. The number of likely N-dealkylation sites (tertiary alicyclic amines) is 1. The first-order chi connectivity index (χ1) is 14.3. The molecule has 30 heavy (non-hydrogen) atoms. The zero-order chi connectivity index (χ0) is 21.7. The molecule has 0 bridgehead atoms. The maximum absolute atomic E-state index is 13.2. The van der Waals surface area contributed by atoms with Crippen LogP contribution < -0.4 is 5.32 Å². The van der Waals surface area contributed by atoms with Crippen LogP contribution in [0.25, 0.3) is 0 Å². The smallest absolute Gasteiger partial charge is 0.326 e. The molecule has 0 saturated carbocycles. The molecule has 2 aliphatic rings. The standard InChI is InChI=1S/C21H28N2O5S2/c1-14(22-16(19(25)26)8-7-15-5-3-2-4-6-15)18(24)23-13-21(29-11-12-30-21)10-9-17(23)20(27)28/h2-6,14,16-17,22H,7-13H2,1H3,(H,25,26)(H,27,28)/t14-,16?,17?/m0/s1. The number of carbonyl (C=O) groups is 3. The van der Waals surface area contributed by atoms with Crippen LogP contribution in [0.4, 0.5) is 0 Å². The summed E-state index contributed by atoms with van der Waals surface area (Å²) in [6, 6.07) is 7.06. The van der Waals surface area contributed by atoms with Crippen molar-refractivity contribution in [3.8, 4) is 0 Å². The van der Waals surface area contributed by atoms with Gasteiger partial charge in [-0.1, -0.05) is 30.3 Å². The first kappa shape index (κ1) is 23.0. The predicted molar refractivity (Wildman–Crippen MR) is 119 cm³/mol. The number of thioether (sulfide) groups is 2. The third-order valence-electron chi connectivity index (χ3n) is 5.65. The number of rotatable bonds is 8. The lowest BCUT2D eigenvalue weighted by atomic mass is 9.99. The molecule has 2 aliphatic heterocycles. The van der Waals surface area contributed by atoms with Crippen molar-refractivity contribution in [3.05, 3.63) is 35.9 Å². The summed E-state index contributed by atoms with van der Waals surface area (Å²) in [4.78, 5) is 38.1. The largest absolute Gasteiger partial charge is 0.480 e. The number of carbonyl (C=O) groups excluding carboxylic acids is 1. The Morgan fingerprint density at radius 3 is 2.47 bits per heavy atom. The van der Waals surface area contributed by atoms with E-state index in [1.165, 1.54) is 4.90 Å². The van der Waals surface area contributed by atoms with Crippen molar-refractivity contribution in [2.45, 2.75) is 54.8 Å². The Hall–Kier alpha value is -1.71. The van der Waals surface area contributed by atoms with Gasteiger partial charge in [0.05, 0.1) is 10.1 Å². The van der Waals surface area contributed by atoms with Crippen molar-refractivity contribution in [2.24, 2.45) is 0 Å². The van der Waals surface area contributed by atoms with Crippen molar-refractivity contribution in [1.82, 2.24) is 10.2 Å².